The third-order valence-corrected chi connectivity index (χ3v) is 6.49. The van der Waals surface area contributed by atoms with Gasteiger partial charge in [0, 0.05) is 29.7 Å². The molecule has 0 aliphatic carbocycles. The van der Waals surface area contributed by atoms with Crippen LogP contribution in [0.1, 0.15) is 22.2 Å². The smallest absolute Gasteiger partial charge is 0.224 e. The average molecular weight is 384 g/mol. The number of methoxy groups -OCH3 is 2. The molecule has 7 heteroatoms. The van der Waals surface area contributed by atoms with Gasteiger partial charge in [-0.15, -0.1) is 23.1 Å². The molecular formula is C17H18ClNO3S2. The van der Waals surface area contributed by atoms with Gasteiger partial charge in [-0.3, -0.25) is 4.79 Å². The number of ether oxygens (including phenoxy) is 2. The normalized spacial score (nSPS) is 17.9. The van der Waals surface area contributed by atoms with E-state index in [2.05, 4.69) is 0 Å². The Kier molecular flexibility index (Phi) is 5.58. The van der Waals surface area contributed by atoms with Crippen LogP contribution in [-0.4, -0.2) is 30.8 Å². The highest BCUT2D eigenvalue weighted by Gasteiger charge is 2.31. The lowest BCUT2D eigenvalue weighted by Gasteiger charge is -2.34. The van der Waals surface area contributed by atoms with Crippen LogP contribution in [0.3, 0.4) is 0 Å². The Morgan fingerprint density at radius 3 is 2.50 bits per heavy atom. The molecule has 1 fully saturated rings. The van der Waals surface area contributed by atoms with Crippen LogP contribution in [-0.2, 0) is 11.3 Å². The number of benzene rings is 1. The topological polar surface area (TPSA) is 38.8 Å². The van der Waals surface area contributed by atoms with Gasteiger partial charge in [0.05, 0.1) is 18.6 Å². The van der Waals surface area contributed by atoms with Gasteiger partial charge < -0.3 is 14.4 Å². The molecule has 0 N–H and O–H groups in total. The molecule has 2 heterocycles. The summed E-state index contributed by atoms with van der Waals surface area (Å²) in [6, 6.07) is 9.59. The third kappa shape index (κ3) is 3.82. The Balaban J connectivity index is 1.88. The predicted octanol–water partition coefficient (Wildman–Crippen LogP) is 4.58. The SMILES string of the molecule is COc1cc(CN2C(=O)CCSC2c2ccc(Cl)s2)cc(OC)c1. The fourth-order valence-corrected chi connectivity index (χ4v) is 5.18. The number of carbonyl (C=O) groups is 1. The van der Waals surface area contributed by atoms with E-state index in [1.54, 1.807) is 26.0 Å². The van der Waals surface area contributed by atoms with E-state index >= 15 is 0 Å². The van der Waals surface area contributed by atoms with E-state index in [1.165, 1.54) is 11.3 Å². The molecule has 4 nitrogen and oxygen atoms in total. The van der Waals surface area contributed by atoms with Gasteiger partial charge in [-0.2, -0.15) is 0 Å². The number of thiophene rings is 1. The van der Waals surface area contributed by atoms with Crippen LogP contribution < -0.4 is 9.47 Å². The molecule has 1 atom stereocenters. The minimum atomic E-state index is 0.000876. The van der Waals surface area contributed by atoms with Crippen molar-refractivity contribution in [3.8, 4) is 11.5 Å². The summed E-state index contributed by atoms with van der Waals surface area (Å²) in [6.45, 7) is 0.513. The Hall–Kier alpha value is -1.37. The van der Waals surface area contributed by atoms with Crippen molar-refractivity contribution in [2.24, 2.45) is 0 Å². The first-order valence-corrected chi connectivity index (χ1v) is 9.73. The number of hydrogen-bond donors (Lipinski definition) is 0. The van der Waals surface area contributed by atoms with Crippen LogP contribution in [0.15, 0.2) is 30.3 Å². The second-order valence-electron chi connectivity index (χ2n) is 5.36. The molecule has 2 aromatic rings. The molecule has 128 valence electrons. The minimum absolute atomic E-state index is 0.000876. The van der Waals surface area contributed by atoms with Crippen LogP contribution >= 0.6 is 34.7 Å². The van der Waals surface area contributed by atoms with E-state index in [-0.39, 0.29) is 11.3 Å². The first kappa shape index (κ1) is 17.5. The maximum atomic E-state index is 12.5. The number of thioether (sulfide) groups is 1. The lowest BCUT2D eigenvalue weighted by molar-refractivity contribution is -0.132. The number of rotatable bonds is 5. The zero-order valence-corrected chi connectivity index (χ0v) is 15.8. The summed E-state index contributed by atoms with van der Waals surface area (Å²) in [4.78, 5) is 15.5. The Labute approximate surface area is 154 Å². The molecule has 0 radical (unpaired) electrons. The van der Waals surface area contributed by atoms with Gasteiger partial charge in [0.2, 0.25) is 5.91 Å². The van der Waals surface area contributed by atoms with Crippen LogP contribution in [0.2, 0.25) is 4.34 Å². The van der Waals surface area contributed by atoms with Crippen LogP contribution in [0, 0.1) is 0 Å². The van der Waals surface area contributed by atoms with E-state index in [9.17, 15) is 4.79 Å². The summed E-state index contributed by atoms with van der Waals surface area (Å²) in [7, 11) is 3.24. The van der Waals surface area contributed by atoms with Crippen LogP contribution in [0.4, 0.5) is 0 Å². The standard InChI is InChI=1S/C17H18ClNO3S2/c1-21-12-7-11(8-13(9-12)22-2)10-19-16(20)5-6-23-17(19)14-3-4-15(18)24-14/h3-4,7-9,17H,5-6,10H2,1-2H3. The molecule has 1 aromatic carbocycles. The molecule has 3 rings (SSSR count). The Morgan fingerprint density at radius 2 is 1.92 bits per heavy atom. The molecule has 1 amide bonds. The van der Waals surface area contributed by atoms with Gasteiger partial charge in [-0.25, -0.2) is 0 Å². The van der Waals surface area contributed by atoms with Crippen molar-refractivity contribution in [1.29, 1.82) is 0 Å². The van der Waals surface area contributed by atoms with Gasteiger partial charge in [0.1, 0.15) is 16.9 Å². The molecule has 0 bridgehead atoms. The highest BCUT2D eigenvalue weighted by molar-refractivity contribution is 7.99. The molecule has 0 spiro atoms. The average Bonchev–Trinajstić information content (AvgIpc) is 3.02. The zero-order valence-electron chi connectivity index (χ0n) is 13.5. The highest BCUT2D eigenvalue weighted by atomic mass is 35.5. The van der Waals surface area contributed by atoms with Crippen molar-refractivity contribution in [3.05, 3.63) is 45.1 Å². The van der Waals surface area contributed by atoms with Crippen LogP contribution in [0.5, 0.6) is 11.5 Å². The quantitative estimate of drug-likeness (QED) is 0.757. The van der Waals surface area contributed by atoms with Crippen LogP contribution in [0.25, 0.3) is 0 Å². The summed E-state index contributed by atoms with van der Waals surface area (Å²) in [5, 5.41) is 0.000876. The Bertz CT molecular complexity index is 712. The second kappa shape index (κ2) is 7.68. The zero-order chi connectivity index (χ0) is 17.1. The van der Waals surface area contributed by atoms with Crippen molar-refractivity contribution in [3.63, 3.8) is 0 Å². The summed E-state index contributed by atoms with van der Waals surface area (Å²) in [6.07, 6.45) is 0.557. The fraction of sp³-hybridized carbons (Fsp3) is 0.353. The molecule has 0 saturated carbocycles. The van der Waals surface area contributed by atoms with Gasteiger partial charge in [-0.05, 0) is 29.8 Å². The molecule has 1 aliphatic rings. The van der Waals surface area contributed by atoms with Crippen molar-refractivity contribution < 1.29 is 14.3 Å². The van der Waals surface area contributed by atoms with Gasteiger partial charge >= 0.3 is 0 Å². The predicted molar refractivity (Wildman–Crippen MR) is 99.2 cm³/mol. The van der Waals surface area contributed by atoms with Crippen molar-refractivity contribution in [2.75, 3.05) is 20.0 Å². The first-order chi connectivity index (χ1) is 11.6. The van der Waals surface area contributed by atoms with Gasteiger partial charge in [0.25, 0.3) is 0 Å². The largest absolute Gasteiger partial charge is 0.497 e. The van der Waals surface area contributed by atoms with Crippen molar-refractivity contribution >= 4 is 40.6 Å². The first-order valence-electron chi connectivity index (χ1n) is 7.49. The lowest BCUT2D eigenvalue weighted by atomic mass is 10.1. The monoisotopic (exact) mass is 383 g/mol. The number of halogens is 1. The fourth-order valence-electron chi connectivity index (χ4n) is 2.64. The van der Waals surface area contributed by atoms with Gasteiger partial charge in [-0.1, -0.05) is 11.6 Å². The number of carbonyl (C=O) groups excluding carboxylic acids is 1. The molecule has 1 aromatic heterocycles. The van der Waals surface area contributed by atoms with E-state index in [0.717, 1.165) is 32.0 Å². The van der Waals surface area contributed by atoms with E-state index in [1.807, 2.05) is 35.2 Å². The second-order valence-corrected chi connectivity index (χ2v) is 8.29. The Morgan fingerprint density at radius 1 is 1.21 bits per heavy atom. The maximum Gasteiger partial charge on any atom is 0.224 e. The summed E-state index contributed by atoms with van der Waals surface area (Å²) in [5.74, 6) is 2.43. The van der Waals surface area contributed by atoms with Gasteiger partial charge in [0.15, 0.2) is 0 Å². The number of nitrogens with zero attached hydrogens (tertiary/aromatic N) is 1. The van der Waals surface area contributed by atoms with E-state index < -0.39 is 0 Å². The summed E-state index contributed by atoms with van der Waals surface area (Å²) < 4.78 is 11.4. The van der Waals surface area contributed by atoms with Crippen molar-refractivity contribution in [2.45, 2.75) is 18.3 Å². The third-order valence-electron chi connectivity index (χ3n) is 3.80. The molecule has 1 saturated heterocycles. The minimum Gasteiger partial charge on any atom is -0.497 e. The molecular weight excluding hydrogens is 366 g/mol. The molecule has 1 aliphatic heterocycles. The van der Waals surface area contributed by atoms with Crippen molar-refractivity contribution in [1.82, 2.24) is 4.90 Å². The summed E-state index contributed by atoms with van der Waals surface area (Å²) >= 11 is 9.38. The number of hydrogen-bond acceptors (Lipinski definition) is 5. The number of amides is 1. The maximum absolute atomic E-state index is 12.5. The molecule has 24 heavy (non-hydrogen) atoms. The lowest BCUT2D eigenvalue weighted by Crippen LogP contribution is -2.36. The van der Waals surface area contributed by atoms with E-state index in [4.69, 9.17) is 21.1 Å². The highest BCUT2D eigenvalue weighted by Crippen LogP contribution is 2.42. The van der Waals surface area contributed by atoms with E-state index in [0.29, 0.717) is 13.0 Å². The summed E-state index contributed by atoms with van der Waals surface area (Å²) in [5.41, 5.74) is 0.981. The molecule has 1 unspecified atom stereocenters.